The van der Waals surface area contributed by atoms with Crippen molar-refractivity contribution in [1.82, 2.24) is 21.3 Å². The lowest BCUT2D eigenvalue weighted by Gasteiger charge is -2.40. The normalized spacial score (nSPS) is 16.2. The molecule has 7 rings (SSSR count). The Kier molecular flexibility index (Phi) is 19.3. The second kappa shape index (κ2) is 26.4. The van der Waals surface area contributed by atoms with Gasteiger partial charge in [0.15, 0.2) is 14.5 Å². The first-order chi connectivity index (χ1) is 36.5. The largest absolute Gasteiger partial charge is 0.507 e. The van der Waals surface area contributed by atoms with Crippen LogP contribution in [0.25, 0.3) is 11.1 Å². The average Bonchev–Trinajstić information content (AvgIpc) is 3.40. The minimum Gasteiger partial charge on any atom is -0.489 e. The van der Waals surface area contributed by atoms with Crippen LogP contribution < -0.4 is 30.7 Å². The van der Waals surface area contributed by atoms with E-state index in [4.69, 9.17) is 28.1 Å². The quantitative estimate of drug-likeness (QED) is 0.0310. The molecule has 17 heteroatoms. The number of benzene rings is 6. The van der Waals surface area contributed by atoms with Crippen LogP contribution in [0.4, 0.5) is 14.4 Å². The van der Waals surface area contributed by atoms with Gasteiger partial charge in [0, 0.05) is 31.4 Å². The number of carbonyl (C=O) groups excluding carboxylic acids is 4. The summed E-state index contributed by atoms with van der Waals surface area (Å²) in [5.74, 6) is -0.801. The van der Waals surface area contributed by atoms with E-state index >= 15 is 4.79 Å². The molecule has 1 aliphatic heterocycles. The molecule has 0 saturated carbocycles. The van der Waals surface area contributed by atoms with E-state index in [1.54, 1.807) is 24.3 Å². The highest BCUT2D eigenvalue weighted by atomic mass is 28.4. The Morgan fingerprint density at radius 2 is 1.08 bits per heavy atom. The average molecular weight is 1050 g/mol. The molecule has 4 amide bonds. The highest BCUT2D eigenvalue weighted by molar-refractivity contribution is 6.74. The van der Waals surface area contributed by atoms with Gasteiger partial charge in [-0.15, -0.1) is 0 Å². The van der Waals surface area contributed by atoms with Crippen molar-refractivity contribution in [2.75, 3.05) is 6.54 Å². The molecule has 4 atom stereocenters. The molecular formula is C59H66N4O12Si. The molecule has 0 aliphatic carbocycles. The molecule has 0 aromatic heterocycles. The lowest BCUT2D eigenvalue weighted by atomic mass is 9.96. The van der Waals surface area contributed by atoms with E-state index in [0.717, 1.165) is 16.7 Å². The van der Waals surface area contributed by atoms with Crippen LogP contribution in [0.5, 0.6) is 11.5 Å². The molecule has 5 N–H and O–H groups in total. The fourth-order valence-electron chi connectivity index (χ4n) is 8.13. The van der Waals surface area contributed by atoms with Crippen molar-refractivity contribution < 1.29 is 57.2 Å². The molecule has 0 saturated heterocycles. The molecule has 0 spiro atoms. The first-order valence-corrected chi connectivity index (χ1v) is 28.1. The molecule has 16 nitrogen and oxygen atoms in total. The molecule has 0 fully saturated rings. The number of alkyl carbamates (subject to hydrolysis) is 2. The van der Waals surface area contributed by atoms with Crippen LogP contribution in [-0.2, 0) is 67.5 Å². The lowest BCUT2D eigenvalue weighted by Crippen LogP contribution is -2.58. The number of fused-ring (bicyclic) bond motifs is 5. The predicted octanol–water partition coefficient (Wildman–Crippen LogP) is 10.2. The van der Waals surface area contributed by atoms with Crippen molar-refractivity contribution in [1.29, 1.82) is 0 Å². The maximum atomic E-state index is 15.1. The van der Waals surface area contributed by atoms with Crippen molar-refractivity contribution >= 4 is 38.5 Å². The number of rotatable bonds is 18. The second-order valence-corrected chi connectivity index (χ2v) is 24.7. The van der Waals surface area contributed by atoms with Gasteiger partial charge < -0.3 is 54.5 Å². The zero-order chi connectivity index (χ0) is 54.1. The smallest absolute Gasteiger partial charge is 0.489 e. The monoisotopic (exact) mass is 1050 g/mol. The topological polar surface area (TPSA) is 209 Å². The minimum absolute atomic E-state index is 0.00150. The van der Waals surface area contributed by atoms with E-state index in [1.165, 1.54) is 0 Å². The minimum atomic E-state index is -2.70. The summed E-state index contributed by atoms with van der Waals surface area (Å²) in [5, 5.41) is 20.9. The van der Waals surface area contributed by atoms with Gasteiger partial charge in [0.2, 0.25) is 11.8 Å². The summed E-state index contributed by atoms with van der Waals surface area (Å²) in [4.78, 5) is 69.6. The molecule has 6 aromatic carbocycles. The maximum Gasteiger partial charge on any atom is 0.507 e. The van der Waals surface area contributed by atoms with Gasteiger partial charge in [0.25, 0.3) is 0 Å². The van der Waals surface area contributed by atoms with E-state index in [-0.39, 0.29) is 57.3 Å². The summed E-state index contributed by atoms with van der Waals surface area (Å²) in [6.07, 6.45) is -6.33. The van der Waals surface area contributed by atoms with Crippen molar-refractivity contribution in [3.05, 3.63) is 191 Å². The second-order valence-electron chi connectivity index (χ2n) is 20.0. The molecule has 0 radical (unpaired) electrons. The van der Waals surface area contributed by atoms with Crippen molar-refractivity contribution in [2.45, 2.75) is 109 Å². The summed E-state index contributed by atoms with van der Waals surface area (Å²) in [7, 11) is -2.70. The Morgan fingerprint density at radius 3 is 1.55 bits per heavy atom. The number of nitrogens with one attached hydrogen (secondary N) is 4. The van der Waals surface area contributed by atoms with Gasteiger partial charge in [-0.25, -0.2) is 14.4 Å². The van der Waals surface area contributed by atoms with Crippen molar-refractivity contribution in [3.63, 3.8) is 0 Å². The summed E-state index contributed by atoms with van der Waals surface area (Å²) in [5.41, 5.74) is 5.67. The number of carbonyl (C=O) groups is 5. The van der Waals surface area contributed by atoms with Crippen LogP contribution in [0, 0.1) is 0 Å². The van der Waals surface area contributed by atoms with Crippen LogP contribution in [0.1, 0.15) is 60.6 Å². The van der Waals surface area contributed by atoms with Gasteiger partial charge in [0.1, 0.15) is 50.0 Å². The van der Waals surface area contributed by atoms with E-state index in [0.29, 0.717) is 39.3 Å². The van der Waals surface area contributed by atoms with Crippen LogP contribution in [-0.4, -0.2) is 74.5 Å². The van der Waals surface area contributed by atoms with E-state index in [1.807, 2.05) is 167 Å². The molecule has 0 unspecified atom stereocenters. The molecule has 1 aliphatic rings. The van der Waals surface area contributed by atoms with Gasteiger partial charge >= 0.3 is 18.3 Å². The Morgan fingerprint density at radius 1 is 0.618 bits per heavy atom. The third-order valence-corrected chi connectivity index (χ3v) is 17.7. The van der Waals surface area contributed by atoms with Crippen LogP contribution in [0.3, 0.4) is 0 Å². The Labute approximate surface area is 444 Å². The third-order valence-electron chi connectivity index (χ3n) is 13.2. The standard InChI is InChI=1S/C59H66N4O12Si/c1-59(2,3)76(4,5)75-48(35-60-56(66)72-38-42-22-14-8-15-23-42)34-50-55(65)63-53(74-58(68)69)33-47-31-45(27-29-52(47)71-37-41-20-12-7-13-21-41)44-26-28-51(70-36-40-18-10-6-11-19-40)46(30-44)32-49(54(64)61-50)62-57(67)73-39-43-24-16-9-17-25-43/h6-31,48-50,53H,32-39H2,1-5H3,(H,60,66)(H,61,64)(H,62,67)(H,63,65)(H,68,69)/t48-,49+,50+,53+/m1/s1. The zero-order valence-corrected chi connectivity index (χ0v) is 44.4. The number of hydrogen-bond acceptors (Lipinski definition) is 11. The van der Waals surface area contributed by atoms with Gasteiger partial charge in [-0.05, 0) is 81.3 Å². The fraction of sp³-hybridized carbons (Fsp3) is 0.305. The zero-order valence-electron chi connectivity index (χ0n) is 43.4. The Bertz CT molecular complexity index is 2890. The number of hydrogen-bond donors (Lipinski definition) is 5. The summed E-state index contributed by atoms with van der Waals surface area (Å²) < 4.78 is 36.3. The molecule has 398 valence electrons. The molecule has 6 aromatic rings. The number of amides is 4. The lowest BCUT2D eigenvalue weighted by molar-refractivity contribution is -0.132. The van der Waals surface area contributed by atoms with Crippen molar-refractivity contribution in [2.24, 2.45) is 0 Å². The third kappa shape index (κ3) is 16.7. The summed E-state index contributed by atoms with van der Waals surface area (Å²) >= 11 is 0. The summed E-state index contributed by atoms with van der Waals surface area (Å²) in [6, 6.07) is 45.4. The first kappa shape index (κ1) is 55.6. The van der Waals surface area contributed by atoms with Crippen LogP contribution in [0.15, 0.2) is 158 Å². The summed E-state index contributed by atoms with van der Waals surface area (Å²) in [6.45, 7) is 10.3. The van der Waals surface area contributed by atoms with Crippen LogP contribution in [0.2, 0.25) is 18.1 Å². The van der Waals surface area contributed by atoms with Gasteiger partial charge in [-0.2, -0.15) is 0 Å². The number of carboxylic acid groups (broad SMARTS) is 1. The highest BCUT2D eigenvalue weighted by Gasteiger charge is 2.41. The van der Waals surface area contributed by atoms with Gasteiger partial charge in [-0.3, -0.25) is 9.59 Å². The van der Waals surface area contributed by atoms with Gasteiger partial charge in [-0.1, -0.05) is 154 Å². The SMILES string of the molecule is CC(C)(C)[Si](C)(C)O[C@@H](CNC(=O)OCc1ccccc1)C[C@@H]1NC(=O)[C@@H](NC(=O)OCc2ccccc2)Cc2cc(ccc2OCc2ccccc2)-c2ccc(OCc3ccccc3)c(c2)C[C@H](OC(=O)O)NC1=O. The molecule has 4 bridgehead atoms. The van der Waals surface area contributed by atoms with Crippen LogP contribution >= 0.6 is 0 Å². The molecular weight excluding hydrogens is 985 g/mol. The molecule has 76 heavy (non-hydrogen) atoms. The van der Waals surface area contributed by atoms with Crippen molar-refractivity contribution in [3.8, 4) is 22.6 Å². The van der Waals surface area contributed by atoms with E-state index in [2.05, 4.69) is 21.3 Å². The van der Waals surface area contributed by atoms with E-state index in [9.17, 15) is 24.3 Å². The fourth-order valence-corrected chi connectivity index (χ4v) is 9.50. The Balaban J connectivity index is 1.30. The Hall–Kier alpha value is -8.15. The highest BCUT2D eigenvalue weighted by Crippen LogP contribution is 2.38. The molecule has 1 heterocycles. The van der Waals surface area contributed by atoms with Gasteiger partial charge in [0.05, 0.1) is 6.10 Å². The predicted molar refractivity (Wildman–Crippen MR) is 289 cm³/mol. The maximum absolute atomic E-state index is 15.1. The first-order valence-electron chi connectivity index (χ1n) is 25.2. The number of ether oxygens (including phenoxy) is 5. The van der Waals surface area contributed by atoms with E-state index < -0.39 is 62.9 Å².